The quantitative estimate of drug-likeness (QED) is 0.506. The first-order chi connectivity index (χ1) is 13.8. The molecule has 1 heterocycles. The number of rotatable bonds is 11. The van der Waals surface area contributed by atoms with Crippen LogP contribution in [0.15, 0.2) is 35.3 Å². The van der Waals surface area contributed by atoms with Crippen LogP contribution in [0.5, 0.6) is 5.75 Å². The van der Waals surface area contributed by atoms with Gasteiger partial charge in [-0.1, -0.05) is 35.9 Å². The van der Waals surface area contributed by atoms with E-state index >= 15 is 0 Å². The Morgan fingerprint density at radius 3 is 2.28 bits per heavy atom. The third kappa shape index (κ3) is 7.42. The average molecular weight is 427 g/mol. The Kier molecular flexibility index (Phi) is 9.07. The second-order valence-electron chi connectivity index (χ2n) is 7.52. The van der Waals surface area contributed by atoms with Crippen LogP contribution in [0.25, 0.3) is 0 Å². The second-order valence-corrected chi connectivity index (χ2v) is 7.90. The smallest absolute Gasteiger partial charge is 0.289 e. The largest absolute Gasteiger partial charge is 0.485 e. The van der Waals surface area contributed by atoms with Crippen molar-refractivity contribution in [1.29, 1.82) is 0 Å². The molecule has 0 bridgehead atoms. The van der Waals surface area contributed by atoms with Gasteiger partial charge in [-0.15, -0.1) is 0 Å². The molecular formula is C21H28ClFN2O4. The van der Waals surface area contributed by atoms with Gasteiger partial charge >= 0.3 is 0 Å². The molecule has 0 radical (unpaired) electrons. The summed E-state index contributed by atoms with van der Waals surface area (Å²) in [5.74, 6) is 0.261. The molecule has 0 fully saturated rings. The van der Waals surface area contributed by atoms with E-state index in [2.05, 4.69) is 5.10 Å². The van der Waals surface area contributed by atoms with Gasteiger partial charge in [0.15, 0.2) is 10.8 Å². The number of ether oxygens (including phenoxy) is 3. The normalized spacial score (nSPS) is 11.6. The summed E-state index contributed by atoms with van der Waals surface area (Å²) >= 11 is 6.16. The van der Waals surface area contributed by atoms with Crippen LogP contribution in [0.2, 0.25) is 5.02 Å². The Bertz CT molecular complexity index is 819. The van der Waals surface area contributed by atoms with Crippen molar-refractivity contribution in [2.75, 3.05) is 26.5 Å². The van der Waals surface area contributed by atoms with Crippen molar-refractivity contribution in [3.05, 3.63) is 57.0 Å². The highest BCUT2D eigenvalue weighted by Gasteiger charge is 2.19. The second kappa shape index (κ2) is 11.3. The predicted molar refractivity (Wildman–Crippen MR) is 110 cm³/mol. The first-order valence-corrected chi connectivity index (χ1v) is 9.91. The average Bonchev–Trinajstić information content (AvgIpc) is 2.68. The van der Waals surface area contributed by atoms with E-state index in [-0.39, 0.29) is 29.6 Å². The van der Waals surface area contributed by atoms with Gasteiger partial charge in [0.05, 0.1) is 38.2 Å². The summed E-state index contributed by atoms with van der Waals surface area (Å²) in [5, 5.41) is 4.17. The summed E-state index contributed by atoms with van der Waals surface area (Å²) in [5.41, 5.74) is 1.11. The maximum Gasteiger partial charge on any atom is 0.289 e. The van der Waals surface area contributed by atoms with Crippen molar-refractivity contribution in [1.82, 2.24) is 9.78 Å². The molecule has 0 saturated carbocycles. The highest BCUT2D eigenvalue weighted by atomic mass is 35.5. The van der Waals surface area contributed by atoms with Crippen LogP contribution in [0.1, 0.15) is 38.3 Å². The third-order valence-electron chi connectivity index (χ3n) is 4.00. The summed E-state index contributed by atoms with van der Waals surface area (Å²) < 4.78 is 29.7. The highest BCUT2D eigenvalue weighted by molar-refractivity contribution is 6.31. The molecule has 160 valence electrons. The van der Waals surface area contributed by atoms with Crippen LogP contribution >= 0.6 is 11.6 Å². The van der Waals surface area contributed by atoms with Gasteiger partial charge in [0.2, 0.25) is 0 Å². The van der Waals surface area contributed by atoms with Crippen LogP contribution in [0.4, 0.5) is 4.39 Å². The van der Waals surface area contributed by atoms with Crippen molar-refractivity contribution >= 4 is 11.6 Å². The van der Waals surface area contributed by atoms with E-state index in [1.165, 1.54) is 10.9 Å². The van der Waals surface area contributed by atoms with Crippen molar-refractivity contribution in [3.63, 3.8) is 0 Å². The Morgan fingerprint density at radius 2 is 1.66 bits per heavy atom. The van der Waals surface area contributed by atoms with Crippen molar-refractivity contribution in [2.24, 2.45) is 0 Å². The molecular weight excluding hydrogens is 399 g/mol. The molecule has 0 amide bonds. The van der Waals surface area contributed by atoms with Crippen LogP contribution < -0.4 is 10.3 Å². The van der Waals surface area contributed by atoms with Gasteiger partial charge in [0.25, 0.3) is 5.56 Å². The van der Waals surface area contributed by atoms with Gasteiger partial charge in [-0.3, -0.25) is 9.18 Å². The molecule has 6 nitrogen and oxygen atoms in total. The summed E-state index contributed by atoms with van der Waals surface area (Å²) in [7, 11) is 0. The molecule has 8 heteroatoms. The lowest BCUT2D eigenvalue weighted by Gasteiger charge is -2.21. The summed E-state index contributed by atoms with van der Waals surface area (Å²) in [4.78, 5) is 12.3. The topological polar surface area (TPSA) is 62.6 Å². The molecule has 0 atom stereocenters. The van der Waals surface area contributed by atoms with E-state index in [9.17, 15) is 9.18 Å². The fourth-order valence-electron chi connectivity index (χ4n) is 2.46. The monoisotopic (exact) mass is 426 g/mol. The predicted octanol–water partition coefficient (Wildman–Crippen LogP) is 4.12. The Labute approximate surface area is 175 Å². The fraction of sp³-hybridized carbons (Fsp3) is 0.524. The zero-order valence-electron chi connectivity index (χ0n) is 17.1. The maximum atomic E-state index is 12.3. The van der Waals surface area contributed by atoms with Crippen molar-refractivity contribution in [3.8, 4) is 5.75 Å². The van der Waals surface area contributed by atoms with Gasteiger partial charge < -0.3 is 14.2 Å². The minimum Gasteiger partial charge on any atom is -0.485 e. The first kappa shape index (κ1) is 23.3. The van der Waals surface area contributed by atoms with E-state index in [0.29, 0.717) is 32.8 Å². The number of aromatic nitrogens is 2. The van der Waals surface area contributed by atoms with Gasteiger partial charge in [-0.05, 0) is 38.3 Å². The van der Waals surface area contributed by atoms with E-state index in [1.54, 1.807) is 0 Å². The van der Waals surface area contributed by atoms with Crippen molar-refractivity contribution < 1.29 is 18.6 Å². The molecule has 0 unspecified atom stereocenters. The van der Waals surface area contributed by atoms with E-state index in [1.807, 2.05) is 45.0 Å². The zero-order chi connectivity index (χ0) is 21.3. The van der Waals surface area contributed by atoms with E-state index in [0.717, 1.165) is 11.1 Å². The van der Waals surface area contributed by atoms with Gasteiger partial charge in [0.1, 0.15) is 6.61 Å². The van der Waals surface area contributed by atoms with Crippen molar-refractivity contribution in [2.45, 2.75) is 45.9 Å². The molecule has 1 aromatic heterocycles. The van der Waals surface area contributed by atoms with Gasteiger partial charge in [0, 0.05) is 6.61 Å². The molecule has 0 N–H and O–H groups in total. The van der Waals surface area contributed by atoms with Crippen LogP contribution in [-0.2, 0) is 28.2 Å². The SMILES string of the molecule is CC(C)(C)n1ncc(OCc2ccc(COCCOCCCF)cc2)c(Cl)c1=O. The molecule has 2 aromatic rings. The molecule has 0 aliphatic carbocycles. The molecule has 0 aliphatic heterocycles. The molecule has 0 aliphatic rings. The maximum absolute atomic E-state index is 12.3. The van der Waals surface area contributed by atoms with Gasteiger partial charge in [-0.2, -0.15) is 5.10 Å². The fourth-order valence-corrected chi connectivity index (χ4v) is 2.64. The van der Waals surface area contributed by atoms with Crippen LogP contribution in [-0.4, -0.2) is 36.3 Å². The Morgan fingerprint density at radius 1 is 1.03 bits per heavy atom. The lowest BCUT2D eigenvalue weighted by Crippen LogP contribution is -2.36. The van der Waals surface area contributed by atoms with E-state index < -0.39 is 5.54 Å². The number of alkyl halides is 1. The number of halogens is 2. The number of hydrogen-bond acceptors (Lipinski definition) is 5. The molecule has 2 rings (SSSR count). The molecule has 1 aromatic carbocycles. The molecule has 0 spiro atoms. The number of benzene rings is 1. The molecule has 29 heavy (non-hydrogen) atoms. The van der Waals surface area contributed by atoms with Crippen LogP contribution in [0, 0.1) is 0 Å². The first-order valence-electron chi connectivity index (χ1n) is 9.53. The van der Waals surface area contributed by atoms with Gasteiger partial charge in [-0.25, -0.2) is 4.68 Å². The van der Waals surface area contributed by atoms with E-state index in [4.69, 9.17) is 25.8 Å². The standard InChI is InChI=1S/C21H28ClFN2O4/c1-21(2,3)25-20(26)19(22)18(13-24-25)29-15-17-7-5-16(6-8-17)14-28-12-11-27-10-4-9-23/h5-8,13H,4,9-12,14-15H2,1-3H3. The molecule has 0 saturated heterocycles. The lowest BCUT2D eigenvalue weighted by atomic mass is 10.1. The third-order valence-corrected chi connectivity index (χ3v) is 4.35. The highest BCUT2D eigenvalue weighted by Crippen LogP contribution is 2.22. The number of nitrogens with zero attached hydrogens (tertiary/aromatic N) is 2. The zero-order valence-corrected chi connectivity index (χ0v) is 17.9. The Balaban J connectivity index is 1.82. The minimum absolute atomic E-state index is 0.0219. The summed E-state index contributed by atoms with van der Waals surface area (Å²) in [6.07, 6.45) is 1.88. The van der Waals surface area contributed by atoms with Crippen LogP contribution in [0.3, 0.4) is 0 Å². The minimum atomic E-state index is -0.461. The number of hydrogen-bond donors (Lipinski definition) is 0. The Hall–Kier alpha value is -1.96. The summed E-state index contributed by atoms with van der Waals surface area (Å²) in [6.45, 7) is 7.34. The summed E-state index contributed by atoms with van der Waals surface area (Å²) in [6, 6.07) is 7.74. The lowest BCUT2D eigenvalue weighted by molar-refractivity contribution is 0.0384.